The first-order valence-corrected chi connectivity index (χ1v) is 13.0. The molecule has 1 saturated heterocycles. The molecule has 0 saturated carbocycles. The predicted octanol–water partition coefficient (Wildman–Crippen LogP) is 4.49. The molecule has 15 heteroatoms. The Morgan fingerprint density at radius 2 is 1.85 bits per heavy atom. The molecule has 1 unspecified atom stereocenters. The summed E-state index contributed by atoms with van der Waals surface area (Å²) in [5, 5.41) is 1.61. The van der Waals surface area contributed by atoms with Crippen LogP contribution in [-0.4, -0.2) is 42.8 Å². The van der Waals surface area contributed by atoms with Gasteiger partial charge in [-0.2, -0.15) is 13.2 Å². The van der Waals surface area contributed by atoms with E-state index in [9.17, 15) is 36.7 Å². The Balaban J connectivity index is 1.71. The van der Waals surface area contributed by atoms with Gasteiger partial charge in [-0.25, -0.2) is 18.7 Å². The molecular weight excluding hydrogens is 590 g/mol. The van der Waals surface area contributed by atoms with E-state index in [2.05, 4.69) is 16.9 Å². The number of halogens is 5. The van der Waals surface area contributed by atoms with Crippen molar-refractivity contribution >= 4 is 51.7 Å². The highest BCUT2D eigenvalue weighted by atomic mass is 35.5. The van der Waals surface area contributed by atoms with Crippen LogP contribution < -0.4 is 16.6 Å². The van der Waals surface area contributed by atoms with Crippen LogP contribution in [0.1, 0.15) is 12.1 Å². The third kappa shape index (κ3) is 6.28. The van der Waals surface area contributed by atoms with Gasteiger partial charge in [0, 0.05) is 31.8 Å². The minimum atomic E-state index is -5.00. The van der Waals surface area contributed by atoms with Gasteiger partial charge in [0.2, 0.25) is 11.8 Å². The van der Waals surface area contributed by atoms with Crippen molar-refractivity contribution in [1.82, 2.24) is 14.0 Å². The van der Waals surface area contributed by atoms with Gasteiger partial charge in [-0.15, -0.1) is 6.58 Å². The van der Waals surface area contributed by atoms with Gasteiger partial charge in [0.1, 0.15) is 16.8 Å². The molecule has 1 aliphatic rings. The van der Waals surface area contributed by atoms with Crippen LogP contribution in [0.15, 0.2) is 75.8 Å². The van der Waals surface area contributed by atoms with E-state index in [-0.39, 0.29) is 44.0 Å². The standard InChI is InChI=1S/C26H20ClF4N5O4S/c1-3-9-35-23(39)19(12-21(37)32-14-7-5-4-6-8-14)41-24(35)33-17-11-18(16(28)10-15(17)27)36-22(38)13-20(26(29,30)31)34(2)25(36)40/h3-8,10-11,13,19H,1,9,12H2,2H3,(H,32,37). The fourth-order valence-corrected chi connectivity index (χ4v) is 5.28. The number of nitrogens with one attached hydrogen (secondary N) is 1. The largest absolute Gasteiger partial charge is 0.431 e. The second-order valence-electron chi connectivity index (χ2n) is 8.65. The van der Waals surface area contributed by atoms with E-state index >= 15 is 0 Å². The van der Waals surface area contributed by atoms with Crippen molar-refractivity contribution in [2.45, 2.75) is 17.8 Å². The number of alkyl halides is 3. The minimum Gasteiger partial charge on any atom is -0.326 e. The molecule has 0 radical (unpaired) electrons. The molecule has 1 atom stereocenters. The van der Waals surface area contributed by atoms with E-state index < -0.39 is 51.7 Å². The molecule has 9 nitrogen and oxygen atoms in total. The third-order valence-electron chi connectivity index (χ3n) is 5.84. The Bertz CT molecular complexity index is 1690. The van der Waals surface area contributed by atoms with Crippen molar-refractivity contribution in [3.63, 3.8) is 0 Å². The van der Waals surface area contributed by atoms with Crippen LogP contribution in [0.2, 0.25) is 5.02 Å². The first kappa shape index (κ1) is 29.8. The van der Waals surface area contributed by atoms with Crippen LogP contribution in [0.3, 0.4) is 0 Å². The van der Waals surface area contributed by atoms with Crippen molar-refractivity contribution in [1.29, 1.82) is 0 Å². The van der Waals surface area contributed by atoms with Gasteiger partial charge in [-0.05, 0) is 24.3 Å². The summed E-state index contributed by atoms with van der Waals surface area (Å²) in [6, 6.07) is 10.4. The van der Waals surface area contributed by atoms with E-state index in [1.54, 1.807) is 30.3 Å². The fraction of sp³-hybridized carbons (Fsp3) is 0.192. The van der Waals surface area contributed by atoms with Crippen LogP contribution in [-0.2, 0) is 22.8 Å². The quantitative estimate of drug-likeness (QED) is 0.314. The molecule has 2 aromatic carbocycles. The summed E-state index contributed by atoms with van der Waals surface area (Å²) in [5.74, 6) is -2.06. The van der Waals surface area contributed by atoms with Crippen molar-refractivity contribution in [2.24, 2.45) is 12.0 Å². The van der Waals surface area contributed by atoms with Crippen molar-refractivity contribution < 1.29 is 27.2 Å². The van der Waals surface area contributed by atoms with E-state index in [4.69, 9.17) is 11.6 Å². The summed E-state index contributed by atoms with van der Waals surface area (Å²) >= 11 is 7.11. The van der Waals surface area contributed by atoms with Crippen molar-refractivity contribution in [3.8, 4) is 5.69 Å². The number of amides is 2. The fourth-order valence-electron chi connectivity index (χ4n) is 3.93. The summed E-state index contributed by atoms with van der Waals surface area (Å²) in [4.78, 5) is 56.4. The Hall–Kier alpha value is -4.17. The summed E-state index contributed by atoms with van der Waals surface area (Å²) in [7, 11) is 0.790. The minimum absolute atomic E-state index is 0.00600. The molecule has 41 heavy (non-hydrogen) atoms. The lowest BCUT2D eigenvalue weighted by Crippen LogP contribution is -2.41. The van der Waals surface area contributed by atoms with Gasteiger partial charge in [-0.3, -0.25) is 23.9 Å². The summed E-state index contributed by atoms with van der Waals surface area (Å²) in [5.41, 5.74) is -4.73. The third-order valence-corrected chi connectivity index (χ3v) is 7.32. The van der Waals surface area contributed by atoms with Crippen molar-refractivity contribution in [3.05, 3.63) is 98.6 Å². The molecule has 1 aromatic heterocycles. The van der Waals surface area contributed by atoms with E-state index in [1.165, 1.54) is 11.0 Å². The van der Waals surface area contributed by atoms with Crippen LogP contribution in [0.5, 0.6) is 0 Å². The number of hydrogen-bond donors (Lipinski definition) is 1. The van der Waals surface area contributed by atoms with Crippen LogP contribution in [0.25, 0.3) is 5.69 Å². The van der Waals surface area contributed by atoms with Gasteiger partial charge >= 0.3 is 11.9 Å². The molecule has 1 fully saturated rings. The predicted molar refractivity (Wildman–Crippen MR) is 147 cm³/mol. The zero-order valence-corrected chi connectivity index (χ0v) is 22.7. The lowest BCUT2D eigenvalue weighted by atomic mass is 10.2. The molecule has 0 spiro atoms. The van der Waals surface area contributed by atoms with Crippen LogP contribution >= 0.6 is 23.4 Å². The molecule has 0 bridgehead atoms. The number of hydrogen-bond acceptors (Lipinski definition) is 6. The van der Waals surface area contributed by atoms with E-state index in [1.807, 2.05) is 0 Å². The average molecular weight is 610 g/mol. The topological polar surface area (TPSA) is 106 Å². The first-order valence-electron chi connectivity index (χ1n) is 11.7. The first-order chi connectivity index (χ1) is 19.3. The number of rotatable bonds is 7. The summed E-state index contributed by atoms with van der Waals surface area (Å²) in [6.45, 7) is 3.61. The van der Waals surface area contributed by atoms with Gasteiger partial charge in [0.15, 0.2) is 5.17 Å². The molecule has 4 rings (SSSR count). The van der Waals surface area contributed by atoms with Crippen molar-refractivity contribution in [2.75, 3.05) is 11.9 Å². The molecule has 1 N–H and O–H groups in total. The smallest absolute Gasteiger partial charge is 0.326 e. The lowest BCUT2D eigenvalue weighted by Gasteiger charge is -2.16. The number of anilines is 1. The SMILES string of the molecule is C=CCN1C(=O)C(CC(=O)Nc2ccccc2)SC1=Nc1cc(-n2c(=O)cc(C(F)(F)F)n(C)c2=O)c(F)cc1Cl. The average Bonchev–Trinajstić information content (AvgIpc) is 3.17. The van der Waals surface area contributed by atoms with Crippen LogP contribution in [0, 0.1) is 5.82 Å². The lowest BCUT2D eigenvalue weighted by molar-refractivity contribution is -0.144. The monoisotopic (exact) mass is 609 g/mol. The van der Waals surface area contributed by atoms with Gasteiger partial charge in [-0.1, -0.05) is 47.6 Å². The summed E-state index contributed by atoms with van der Waals surface area (Å²) in [6.07, 6.45) is -3.79. The Labute approximate surface area is 238 Å². The zero-order valence-electron chi connectivity index (χ0n) is 21.1. The highest BCUT2D eigenvalue weighted by Gasteiger charge is 2.39. The number of aromatic nitrogens is 2. The molecule has 2 heterocycles. The van der Waals surface area contributed by atoms with E-state index in [0.717, 1.165) is 30.9 Å². The second kappa shape index (κ2) is 11.7. The van der Waals surface area contributed by atoms with Gasteiger partial charge in [0.05, 0.1) is 16.4 Å². The number of para-hydroxylation sites is 1. The number of aliphatic imine (C=N–C) groups is 1. The van der Waals surface area contributed by atoms with E-state index in [0.29, 0.717) is 5.69 Å². The Kier molecular flexibility index (Phi) is 8.54. The number of thioether (sulfide) groups is 1. The Morgan fingerprint density at radius 3 is 2.49 bits per heavy atom. The molecule has 214 valence electrons. The molecule has 3 aromatic rings. The number of amidine groups is 1. The molecule has 1 aliphatic heterocycles. The molecule has 2 amide bonds. The second-order valence-corrected chi connectivity index (χ2v) is 10.2. The highest BCUT2D eigenvalue weighted by Crippen LogP contribution is 2.35. The zero-order chi connectivity index (χ0) is 30.1. The van der Waals surface area contributed by atoms with Gasteiger partial charge in [0.25, 0.3) is 5.56 Å². The maximum Gasteiger partial charge on any atom is 0.431 e. The number of nitrogens with zero attached hydrogens (tertiary/aromatic N) is 4. The van der Waals surface area contributed by atoms with Gasteiger partial charge < -0.3 is 5.32 Å². The molecule has 0 aliphatic carbocycles. The number of carbonyl (C=O) groups excluding carboxylic acids is 2. The maximum atomic E-state index is 14.9. The highest BCUT2D eigenvalue weighted by molar-refractivity contribution is 8.15. The number of carbonyl (C=O) groups is 2. The number of benzene rings is 2. The normalized spacial score (nSPS) is 16.3. The maximum absolute atomic E-state index is 14.9. The Morgan fingerprint density at radius 1 is 1.17 bits per heavy atom. The van der Waals surface area contributed by atoms with Crippen LogP contribution in [0.4, 0.5) is 28.9 Å². The summed E-state index contributed by atoms with van der Waals surface area (Å²) < 4.78 is 55.0. The molecular formula is C26H20ClF4N5O4S.